The van der Waals surface area contributed by atoms with Gasteiger partial charge in [-0.05, 0) is 13.3 Å². The molecular weight excluding hydrogens is 64.0 g/mol. The molecule has 0 aromatic carbocycles. The van der Waals surface area contributed by atoms with Gasteiger partial charge < -0.3 is 5.84 Å². The Bertz CT molecular complexity index is 31.9. The molecule has 29 valence electrons. The van der Waals surface area contributed by atoms with Crippen LogP contribution in [0.15, 0.2) is 5.10 Å². The van der Waals surface area contributed by atoms with E-state index in [0.29, 0.717) is 6.42 Å². The van der Waals surface area contributed by atoms with Crippen LogP contribution in [0.3, 0.4) is 0 Å². The zero-order chi connectivity index (χ0) is 4.12. The van der Waals surface area contributed by atoms with Gasteiger partial charge in [0.2, 0.25) is 0 Å². The summed E-state index contributed by atoms with van der Waals surface area (Å²) >= 11 is 0. The van der Waals surface area contributed by atoms with Crippen LogP contribution in [-0.4, -0.2) is 6.21 Å². The monoisotopic (exact) mass is 71.1 g/mol. The molecule has 2 nitrogen and oxygen atoms in total. The molecule has 0 aromatic rings. The lowest BCUT2D eigenvalue weighted by Gasteiger charge is -1.66. The van der Waals surface area contributed by atoms with E-state index in [2.05, 4.69) is 17.9 Å². The maximum atomic E-state index is 4.67. The largest absolute Gasteiger partial charge is 0.324 e. The molecule has 0 rings (SSSR count). The van der Waals surface area contributed by atoms with Crippen LogP contribution in [0.25, 0.3) is 0 Å². The summed E-state index contributed by atoms with van der Waals surface area (Å²) in [4.78, 5) is 0. The molecule has 0 amide bonds. The van der Waals surface area contributed by atoms with Crippen LogP contribution in [0, 0.1) is 6.92 Å². The normalized spacial score (nSPS) is 9.80. The van der Waals surface area contributed by atoms with Crippen molar-refractivity contribution in [1.82, 2.24) is 0 Å². The van der Waals surface area contributed by atoms with Crippen LogP contribution in [0.2, 0.25) is 0 Å². The summed E-state index contributed by atoms with van der Waals surface area (Å²) < 4.78 is 0. The molecule has 0 fully saturated rings. The van der Waals surface area contributed by atoms with Crippen molar-refractivity contribution in [3.63, 3.8) is 0 Å². The number of rotatable bonds is 1. The first-order chi connectivity index (χ1) is 2.41. The summed E-state index contributed by atoms with van der Waals surface area (Å²) in [7, 11) is 0. The number of hydrogen-bond acceptors (Lipinski definition) is 2. The van der Waals surface area contributed by atoms with Crippen LogP contribution in [0.4, 0.5) is 0 Å². The van der Waals surface area contributed by atoms with Gasteiger partial charge in [0.05, 0.1) is 0 Å². The molecule has 0 unspecified atom stereocenters. The van der Waals surface area contributed by atoms with Gasteiger partial charge in [0, 0.05) is 6.21 Å². The fourth-order valence-electron chi connectivity index (χ4n) is 0.0745. The third kappa shape index (κ3) is 3.47. The minimum atomic E-state index is 0.677. The smallest absolute Gasteiger partial charge is 0.0240 e. The summed E-state index contributed by atoms with van der Waals surface area (Å²) in [6.07, 6.45) is 2.22. The van der Waals surface area contributed by atoms with Crippen LogP contribution in [0.5, 0.6) is 0 Å². The molecule has 0 spiro atoms. The van der Waals surface area contributed by atoms with Crippen LogP contribution < -0.4 is 5.84 Å². The Morgan fingerprint density at radius 2 is 2.60 bits per heavy atom. The number of hydrazone groups is 1. The number of nitrogens with two attached hydrogens (primary N) is 1. The Labute approximate surface area is 31.7 Å². The minimum absolute atomic E-state index is 0.677. The molecule has 0 aromatic heterocycles. The molecule has 0 aliphatic carbocycles. The highest BCUT2D eigenvalue weighted by Gasteiger charge is 1.54. The molecule has 0 bridgehead atoms. The lowest BCUT2D eigenvalue weighted by Crippen LogP contribution is -1.78. The molecule has 2 N–H and O–H groups in total. The van der Waals surface area contributed by atoms with Crippen LogP contribution in [0.1, 0.15) is 6.42 Å². The fraction of sp³-hybridized carbons (Fsp3) is 0.333. The summed E-state index contributed by atoms with van der Waals surface area (Å²) in [6.45, 7) is 3.45. The predicted octanol–water partition coefficient (Wildman–Crippen LogP) is 0.155. The lowest BCUT2D eigenvalue weighted by atomic mass is 10.6. The topological polar surface area (TPSA) is 38.4 Å². The van der Waals surface area contributed by atoms with Gasteiger partial charge in [0.25, 0.3) is 0 Å². The van der Waals surface area contributed by atoms with Crippen molar-refractivity contribution in [3.8, 4) is 0 Å². The van der Waals surface area contributed by atoms with Gasteiger partial charge in [0.15, 0.2) is 0 Å². The van der Waals surface area contributed by atoms with E-state index >= 15 is 0 Å². The van der Waals surface area contributed by atoms with Crippen molar-refractivity contribution in [2.24, 2.45) is 10.9 Å². The van der Waals surface area contributed by atoms with Crippen molar-refractivity contribution in [1.29, 1.82) is 0 Å². The second kappa shape index (κ2) is 3.47. The second-order valence-electron chi connectivity index (χ2n) is 0.620. The molecule has 0 saturated carbocycles. The molecule has 0 atom stereocenters. The minimum Gasteiger partial charge on any atom is -0.324 e. The highest BCUT2D eigenvalue weighted by molar-refractivity contribution is 5.56. The van der Waals surface area contributed by atoms with E-state index in [-0.39, 0.29) is 0 Å². The van der Waals surface area contributed by atoms with Gasteiger partial charge in [-0.2, -0.15) is 5.10 Å². The third-order valence-electron chi connectivity index (χ3n) is 0.235. The lowest BCUT2D eigenvalue weighted by molar-refractivity contribution is 1.24. The van der Waals surface area contributed by atoms with Crippen molar-refractivity contribution in [3.05, 3.63) is 6.92 Å². The van der Waals surface area contributed by atoms with Crippen molar-refractivity contribution in [2.45, 2.75) is 6.42 Å². The zero-order valence-electron chi connectivity index (χ0n) is 3.02. The van der Waals surface area contributed by atoms with Gasteiger partial charge in [-0.25, -0.2) is 0 Å². The molecule has 2 heteroatoms. The Morgan fingerprint density at radius 1 is 2.00 bits per heavy atom. The molecule has 0 aliphatic heterocycles. The SMILES string of the molecule is [CH2]CC=NN. The molecule has 0 saturated heterocycles. The van der Waals surface area contributed by atoms with E-state index in [4.69, 9.17) is 0 Å². The molecular formula is C3H7N2. The highest BCUT2D eigenvalue weighted by Crippen LogP contribution is 1.57. The fourth-order valence-corrected chi connectivity index (χ4v) is 0.0745. The summed E-state index contributed by atoms with van der Waals surface area (Å²) in [6, 6.07) is 0. The van der Waals surface area contributed by atoms with Gasteiger partial charge >= 0.3 is 0 Å². The quantitative estimate of drug-likeness (QED) is 0.267. The van der Waals surface area contributed by atoms with E-state index in [1.807, 2.05) is 0 Å². The zero-order valence-corrected chi connectivity index (χ0v) is 3.02. The Kier molecular flexibility index (Phi) is 3.10. The first-order valence-electron chi connectivity index (χ1n) is 1.42. The Hall–Kier alpha value is -0.530. The van der Waals surface area contributed by atoms with Gasteiger partial charge in [-0.3, -0.25) is 0 Å². The van der Waals surface area contributed by atoms with Gasteiger partial charge in [-0.15, -0.1) is 0 Å². The van der Waals surface area contributed by atoms with Gasteiger partial charge in [0.1, 0.15) is 0 Å². The highest BCUT2D eigenvalue weighted by atomic mass is 15.1. The van der Waals surface area contributed by atoms with Crippen molar-refractivity contribution < 1.29 is 0 Å². The van der Waals surface area contributed by atoms with Gasteiger partial charge in [-0.1, -0.05) is 0 Å². The third-order valence-corrected chi connectivity index (χ3v) is 0.235. The molecule has 5 heavy (non-hydrogen) atoms. The number of nitrogens with zero attached hydrogens (tertiary/aromatic N) is 1. The van der Waals surface area contributed by atoms with Crippen molar-refractivity contribution in [2.75, 3.05) is 0 Å². The van der Waals surface area contributed by atoms with Crippen molar-refractivity contribution >= 4 is 6.21 Å². The first-order valence-corrected chi connectivity index (χ1v) is 1.42. The van der Waals surface area contributed by atoms with Crippen LogP contribution >= 0.6 is 0 Å². The van der Waals surface area contributed by atoms with Crippen LogP contribution in [-0.2, 0) is 0 Å². The Morgan fingerprint density at radius 3 is 2.60 bits per heavy atom. The molecule has 1 radical (unpaired) electrons. The number of hydrogen-bond donors (Lipinski definition) is 1. The van der Waals surface area contributed by atoms with E-state index in [1.165, 1.54) is 0 Å². The maximum Gasteiger partial charge on any atom is 0.0240 e. The van der Waals surface area contributed by atoms with E-state index < -0.39 is 0 Å². The first kappa shape index (κ1) is 4.47. The molecule has 0 heterocycles. The van der Waals surface area contributed by atoms with E-state index in [9.17, 15) is 0 Å². The predicted molar refractivity (Wildman–Crippen MR) is 22.7 cm³/mol. The molecule has 0 aliphatic rings. The summed E-state index contributed by atoms with van der Waals surface area (Å²) in [5, 5.41) is 3.17. The second-order valence-corrected chi connectivity index (χ2v) is 0.620. The maximum absolute atomic E-state index is 4.67. The average molecular weight is 71.1 g/mol. The standard InChI is InChI=1S/C3H7N2/c1-2-3-5-4/h3H,1-2,4H2. The Balaban J connectivity index is 2.62. The summed E-state index contributed by atoms with van der Waals surface area (Å²) in [5.41, 5.74) is 0. The average Bonchev–Trinajstić information content (AvgIpc) is 1.41. The summed E-state index contributed by atoms with van der Waals surface area (Å²) in [5.74, 6) is 4.67. The van der Waals surface area contributed by atoms with E-state index in [1.54, 1.807) is 6.21 Å². The van der Waals surface area contributed by atoms with E-state index in [0.717, 1.165) is 0 Å².